The van der Waals surface area contributed by atoms with Crippen LogP contribution in [0.1, 0.15) is 66.8 Å². The van der Waals surface area contributed by atoms with Crippen molar-refractivity contribution < 1.29 is 40.2 Å². The number of amides is 1. The second-order valence-electron chi connectivity index (χ2n) is 8.51. The molecule has 32 heavy (non-hydrogen) atoms. The molecular weight excluding hydrogens is 454 g/mol. The van der Waals surface area contributed by atoms with Crippen molar-refractivity contribution in [3.05, 3.63) is 29.1 Å². The minimum absolute atomic E-state index is 0.0296. The fraction of sp³-hybridized carbons (Fsp3) is 0.667. The number of sulfonamides is 1. The van der Waals surface area contributed by atoms with Gasteiger partial charge in [0.15, 0.2) is 0 Å². The van der Waals surface area contributed by atoms with E-state index in [1.807, 2.05) is 0 Å². The van der Waals surface area contributed by atoms with Crippen LogP contribution in [0.2, 0.25) is 0 Å². The molecule has 0 radical (unpaired) electrons. The molecular formula is C21H27F4NO5S. The van der Waals surface area contributed by atoms with Crippen LogP contribution in [0.4, 0.5) is 17.6 Å². The number of ether oxygens (including phenoxy) is 2. The zero-order valence-electron chi connectivity index (χ0n) is 17.8. The minimum atomic E-state index is -4.44. The van der Waals surface area contributed by atoms with E-state index in [2.05, 4.69) is 4.74 Å². The van der Waals surface area contributed by atoms with E-state index in [9.17, 15) is 30.8 Å². The van der Waals surface area contributed by atoms with Crippen LogP contribution in [0.3, 0.4) is 0 Å². The first kappa shape index (κ1) is 24.8. The average Bonchev–Trinajstić information content (AvgIpc) is 3.55. The highest BCUT2D eigenvalue weighted by Crippen LogP contribution is 2.50. The maximum Gasteiger partial charge on any atom is 0.397 e. The number of rotatable bonds is 9. The number of hydrogen-bond acceptors (Lipinski definition) is 5. The predicted octanol–water partition coefficient (Wildman–Crippen LogP) is 4.30. The van der Waals surface area contributed by atoms with E-state index in [0.717, 1.165) is 25.3 Å². The minimum Gasteiger partial charge on any atom is -0.492 e. The highest BCUT2D eigenvalue weighted by Gasteiger charge is 2.55. The van der Waals surface area contributed by atoms with E-state index in [-0.39, 0.29) is 31.1 Å². The molecule has 6 nitrogen and oxygen atoms in total. The highest BCUT2D eigenvalue weighted by atomic mass is 32.2. The summed E-state index contributed by atoms with van der Waals surface area (Å²) >= 11 is 0. The summed E-state index contributed by atoms with van der Waals surface area (Å²) in [7, 11) is -2.73. The lowest BCUT2D eigenvalue weighted by Gasteiger charge is -2.38. The number of carbonyl (C=O) groups excluding carboxylic acids is 1. The number of benzene rings is 1. The fourth-order valence-electron chi connectivity index (χ4n) is 3.98. The van der Waals surface area contributed by atoms with E-state index in [1.54, 1.807) is 4.72 Å². The first-order valence-electron chi connectivity index (χ1n) is 10.5. The number of alkyl halides is 3. The predicted molar refractivity (Wildman–Crippen MR) is 109 cm³/mol. The van der Waals surface area contributed by atoms with E-state index < -0.39 is 51.3 Å². The van der Waals surface area contributed by atoms with Gasteiger partial charge in [-0.3, -0.25) is 4.79 Å². The lowest BCUT2D eigenvalue weighted by molar-refractivity contribution is -0.243. The molecule has 0 atom stereocenters. The number of halogens is 4. The van der Waals surface area contributed by atoms with Crippen molar-refractivity contribution in [2.45, 2.75) is 57.0 Å². The molecule has 0 spiro atoms. The number of nitrogens with one attached hydrogen (secondary N) is 1. The molecule has 180 valence electrons. The van der Waals surface area contributed by atoms with Gasteiger partial charge in [0.2, 0.25) is 10.0 Å². The van der Waals surface area contributed by atoms with Crippen LogP contribution in [0.25, 0.3) is 0 Å². The van der Waals surface area contributed by atoms with Gasteiger partial charge < -0.3 is 9.47 Å². The molecule has 1 N–H and O–H groups in total. The van der Waals surface area contributed by atoms with Crippen LogP contribution in [0.15, 0.2) is 12.1 Å². The number of methoxy groups -OCH3 is 1. The van der Waals surface area contributed by atoms with Crippen molar-refractivity contribution in [3.63, 3.8) is 0 Å². The van der Waals surface area contributed by atoms with E-state index in [4.69, 9.17) is 4.74 Å². The average molecular weight is 482 g/mol. The zero-order valence-corrected chi connectivity index (χ0v) is 18.6. The van der Waals surface area contributed by atoms with Gasteiger partial charge in [0, 0.05) is 13.2 Å². The maximum absolute atomic E-state index is 14.7. The quantitative estimate of drug-likeness (QED) is 0.532. The second-order valence-corrected chi connectivity index (χ2v) is 10.4. The SMILES string of the molecule is COCCS(=O)(=O)NC(=O)c1cc(C2CC2)c(OCC2(C(F)(F)F)CCCCC2)cc1F. The van der Waals surface area contributed by atoms with Crippen LogP contribution < -0.4 is 9.46 Å². The third-order valence-corrected chi connectivity index (χ3v) is 7.28. The lowest BCUT2D eigenvalue weighted by Crippen LogP contribution is -2.44. The van der Waals surface area contributed by atoms with Crippen LogP contribution in [0, 0.1) is 11.2 Å². The van der Waals surface area contributed by atoms with Crippen LogP contribution in [-0.4, -0.2) is 46.6 Å². The molecule has 2 aliphatic rings. The summed E-state index contributed by atoms with van der Waals surface area (Å²) in [4.78, 5) is 12.4. The molecule has 0 aromatic heterocycles. The molecule has 0 unspecified atom stereocenters. The van der Waals surface area contributed by atoms with E-state index in [1.165, 1.54) is 13.2 Å². The third-order valence-electron chi connectivity index (χ3n) is 6.08. The van der Waals surface area contributed by atoms with Gasteiger partial charge in [-0.25, -0.2) is 17.5 Å². The monoisotopic (exact) mass is 481 g/mol. The molecule has 0 aliphatic heterocycles. The molecule has 1 aromatic carbocycles. The molecule has 0 heterocycles. The zero-order chi connectivity index (χ0) is 23.6. The van der Waals surface area contributed by atoms with Gasteiger partial charge in [-0.1, -0.05) is 19.3 Å². The largest absolute Gasteiger partial charge is 0.492 e. The Morgan fingerprint density at radius 2 is 1.84 bits per heavy atom. The number of hydrogen-bond donors (Lipinski definition) is 1. The van der Waals surface area contributed by atoms with Crippen LogP contribution in [-0.2, 0) is 14.8 Å². The Morgan fingerprint density at radius 3 is 2.41 bits per heavy atom. The summed E-state index contributed by atoms with van der Waals surface area (Å²) in [5.74, 6) is -2.79. The van der Waals surface area contributed by atoms with Gasteiger partial charge in [-0.05, 0) is 43.2 Å². The van der Waals surface area contributed by atoms with Gasteiger partial charge in [0.25, 0.3) is 5.91 Å². The molecule has 0 bridgehead atoms. The second kappa shape index (κ2) is 9.54. The standard InChI is InChI=1S/C21H27F4NO5S/c1-30-9-10-32(28,29)26-19(27)16-11-15(14-5-6-14)18(12-17(16)22)31-13-20(21(23,24)25)7-3-2-4-8-20/h11-12,14H,2-10,13H2,1H3,(H,26,27). The molecule has 2 saturated carbocycles. The van der Waals surface area contributed by atoms with E-state index >= 15 is 0 Å². The smallest absolute Gasteiger partial charge is 0.397 e. The first-order valence-corrected chi connectivity index (χ1v) is 12.2. The van der Waals surface area contributed by atoms with Crippen molar-refractivity contribution in [2.24, 2.45) is 5.41 Å². The molecule has 0 saturated heterocycles. The van der Waals surface area contributed by atoms with E-state index in [0.29, 0.717) is 18.4 Å². The maximum atomic E-state index is 14.7. The Bertz CT molecular complexity index is 938. The summed E-state index contributed by atoms with van der Waals surface area (Å²) in [6, 6.07) is 2.07. The Kier molecular flexibility index (Phi) is 7.38. The van der Waals surface area contributed by atoms with Gasteiger partial charge in [0.1, 0.15) is 18.2 Å². The Morgan fingerprint density at radius 1 is 1.19 bits per heavy atom. The van der Waals surface area contributed by atoms with Gasteiger partial charge in [0.05, 0.1) is 23.3 Å². The van der Waals surface area contributed by atoms with Crippen LogP contribution in [0.5, 0.6) is 5.75 Å². The van der Waals surface area contributed by atoms with Crippen molar-refractivity contribution in [1.29, 1.82) is 0 Å². The molecule has 1 amide bonds. The Labute approximate surface area is 184 Å². The molecule has 1 aromatic rings. The molecule has 3 rings (SSSR count). The summed E-state index contributed by atoms with van der Waals surface area (Å²) in [5, 5.41) is 0. The van der Waals surface area contributed by atoms with Crippen LogP contribution >= 0.6 is 0 Å². The van der Waals surface area contributed by atoms with Gasteiger partial charge >= 0.3 is 6.18 Å². The van der Waals surface area contributed by atoms with Crippen molar-refractivity contribution in [2.75, 3.05) is 26.1 Å². The lowest BCUT2D eigenvalue weighted by atomic mass is 9.74. The molecule has 2 fully saturated rings. The number of carbonyl (C=O) groups is 1. The Hall–Kier alpha value is -1.88. The van der Waals surface area contributed by atoms with Crippen molar-refractivity contribution in [1.82, 2.24) is 4.72 Å². The fourth-order valence-corrected chi connectivity index (χ4v) is 4.86. The van der Waals surface area contributed by atoms with Crippen molar-refractivity contribution in [3.8, 4) is 5.75 Å². The normalized spacial score (nSPS) is 18.9. The van der Waals surface area contributed by atoms with Crippen molar-refractivity contribution >= 4 is 15.9 Å². The molecule has 11 heteroatoms. The first-order chi connectivity index (χ1) is 15.0. The highest BCUT2D eigenvalue weighted by molar-refractivity contribution is 7.90. The summed E-state index contributed by atoms with van der Waals surface area (Å²) in [6.07, 6.45) is -1.46. The van der Waals surface area contributed by atoms with Gasteiger partial charge in [-0.2, -0.15) is 13.2 Å². The summed E-state index contributed by atoms with van der Waals surface area (Å²) in [6.45, 7) is -0.765. The summed E-state index contributed by atoms with van der Waals surface area (Å²) < 4.78 is 91.9. The topological polar surface area (TPSA) is 81.7 Å². The van der Waals surface area contributed by atoms with Gasteiger partial charge in [-0.15, -0.1) is 0 Å². The Balaban J connectivity index is 1.82. The summed E-state index contributed by atoms with van der Waals surface area (Å²) in [5.41, 5.74) is -2.06. The third kappa shape index (κ3) is 5.72. The molecule has 2 aliphatic carbocycles.